The van der Waals surface area contributed by atoms with Gasteiger partial charge >= 0.3 is 0 Å². The number of rotatable bonds is 5. The summed E-state index contributed by atoms with van der Waals surface area (Å²) >= 11 is 0. The van der Waals surface area contributed by atoms with Crippen LogP contribution in [0.15, 0.2) is 18.2 Å². The Morgan fingerprint density at radius 2 is 2.00 bits per heavy atom. The van der Waals surface area contributed by atoms with Crippen LogP contribution in [0.2, 0.25) is 0 Å². The molecular weight excluding hydrogens is 224 g/mol. The van der Waals surface area contributed by atoms with Gasteiger partial charge in [0.05, 0.1) is 5.60 Å². The first-order valence-corrected chi connectivity index (χ1v) is 5.70. The zero-order valence-electron chi connectivity index (χ0n) is 10.4. The second-order valence-electron chi connectivity index (χ2n) is 4.85. The maximum atomic E-state index is 13.3. The first kappa shape index (κ1) is 14.1. The van der Waals surface area contributed by atoms with E-state index in [1.165, 1.54) is 12.1 Å². The third-order valence-corrected chi connectivity index (χ3v) is 3.06. The summed E-state index contributed by atoms with van der Waals surface area (Å²) in [6.45, 7) is 6.20. The zero-order valence-corrected chi connectivity index (χ0v) is 10.4. The molecule has 1 aromatic carbocycles. The lowest BCUT2D eigenvalue weighted by molar-refractivity contribution is 0.0139. The smallest absolute Gasteiger partial charge is 0.130 e. The molecule has 0 saturated carbocycles. The predicted octanol–water partition coefficient (Wildman–Crippen LogP) is 2.46. The van der Waals surface area contributed by atoms with Gasteiger partial charge in [0.25, 0.3) is 0 Å². The van der Waals surface area contributed by atoms with E-state index in [1.807, 2.05) is 13.8 Å². The summed E-state index contributed by atoms with van der Waals surface area (Å²) in [5.74, 6) is -1.05. The summed E-state index contributed by atoms with van der Waals surface area (Å²) in [6.07, 6.45) is 0. The first-order valence-electron chi connectivity index (χ1n) is 5.70. The van der Waals surface area contributed by atoms with Crippen LogP contribution in [-0.4, -0.2) is 17.3 Å². The molecule has 1 unspecified atom stereocenters. The van der Waals surface area contributed by atoms with Crippen LogP contribution in [-0.2, 0) is 6.54 Å². The molecule has 0 aliphatic carbocycles. The topological polar surface area (TPSA) is 32.3 Å². The third kappa shape index (κ3) is 4.06. The van der Waals surface area contributed by atoms with Crippen LogP contribution in [0.3, 0.4) is 0 Å². The molecule has 2 nitrogen and oxygen atoms in total. The number of nitrogens with one attached hydrogen (secondary N) is 1. The summed E-state index contributed by atoms with van der Waals surface area (Å²) in [5, 5.41) is 12.9. The summed E-state index contributed by atoms with van der Waals surface area (Å²) in [5.41, 5.74) is -0.442. The van der Waals surface area contributed by atoms with E-state index in [9.17, 15) is 13.9 Å². The number of hydrogen-bond acceptors (Lipinski definition) is 2. The SMILES string of the molecule is CC(C)C(C)(O)CNCc1ccc(F)cc1F. The van der Waals surface area contributed by atoms with E-state index in [1.54, 1.807) is 6.92 Å². The Bertz CT molecular complexity index is 378. The Balaban J connectivity index is 2.51. The molecule has 0 saturated heterocycles. The van der Waals surface area contributed by atoms with Gasteiger partial charge in [-0.1, -0.05) is 19.9 Å². The second kappa shape index (κ2) is 5.56. The highest BCUT2D eigenvalue weighted by Gasteiger charge is 2.24. The van der Waals surface area contributed by atoms with Crippen molar-refractivity contribution in [2.24, 2.45) is 5.92 Å². The Morgan fingerprint density at radius 1 is 1.35 bits per heavy atom. The van der Waals surface area contributed by atoms with Gasteiger partial charge in [0.1, 0.15) is 11.6 Å². The zero-order chi connectivity index (χ0) is 13.1. The van der Waals surface area contributed by atoms with Gasteiger partial charge in [-0.3, -0.25) is 0 Å². The Morgan fingerprint density at radius 3 is 2.53 bits per heavy atom. The fraction of sp³-hybridized carbons (Fsp3) is 0.538. The minimum atomic E-state index is -0.837. The monoisotopic (exact) mass is 243 g/mol. The molecule has 0 amide bonds. The van der Waals surface area contributed by atoms with Crippen LogP contribution in [0.25, 0.3) is 0 Å². The van der Waals surface area contributed by atoms with Crippen LogP contribution < -0.4 is 5.32 Å². The van der Waals surface area contributed by atoms with Gasteiger partial charge in [0, 0.05) is 24.7 Å². The molecule has 0 aromatic heterocycles. The minimum Gasteiger partial charge on any atom is -0.389 e. The van der Waals surface area contributed by atoms with Crippen molar-refractivity contribution in [3.05, 3.63) is 35.4 Å². The lowest BCUT2D eigenvalue weighted by atomic mass is 9.92. The van der Waals surface area contributed by atoms with Crippen molar-refractivity contribution < 1.29 is 13.9 Å². The molecule has 0 radical (unpaired) electrons. The Kier molecular flexibility index (Phi) is 4.60. The standard InChI is InChI=1S/C13H19F2NO/c1-9(2)13(3,17)8-16-7-10-4-5-11(14)6-12(10)15/h4-6,9,16-17H,7-8H2,1-3H3. The van der Waals surface area contributed by atoms with Crippen LogP contribution >= 0.6 is 0 Å². The molecule has 0 fully saturated rings. The van der Waals surface area contributed by atoms with Crippen molar-refractivity contribution in [2.45, 2.75) is 32.9 Å². The Hall–Kier alpha value is -1.00. The molecule has 0 spiro atoms. The second-order valence-corrected chi connectivity index (χ2v) is 4.85. The van der Waals surface area contributed by atoms with Crippen LogP contribution in [0.5, 0.6) is 0 Å². The van der Waals surface area contributed by atoms with Gasteiger partial charge in [-0.25, -0.2) is 8.78 Å². The van der Waals surface area contributed by atoms with E-state index in [-0.39, 0.29) is 12.5 Å². The minimum absolute atomic E-state index is 0.105. The average Bonchev–Trinajstić information content (AvgIpc) is 2.21. The van der Waals surface area contributed by atoms with Crippen LogP contribution in [0.1, 0.15) is 26.3 Å². The molecular formula is C13H19F2NO. The van der Waals surface area contributed by atoms with Crippen molar-refractivity contribution in [2.75, 3.05) is 6.54 Å². The summed E-state index contributed by atoms with van der Waals surface area (Å²) < 4.78 is 26.0. The predicted molar refractivity (Wildman–Crippen MR) is 63.5 cm³/mol. The molecule has 0 aliphatic heterocycles. The quantitative estimate of drug-likeness (QED) is 0.832. The highest BCUT2D eigenvalue weighted by atomic mass is 19.1. The molecule has 1 aromatic rings. The summed E-state index contributed by atoms with van der Waals surface area (Å²) in [4.78, 5) is 0. The molecule has 0 heterocycles. The van der Waals surface area contributed by atoms with Gasteiger partial charge in [-0.2, -0.15) is 0 Å². The van der Waals surface area contributed by atoms with Crippen molar-refractivity contribution in [1.29, 1.82) is 0 Å². The molecule has 0 bridgehead atoms. The third-order valence-electron chi connectivity index (χ3n) is 3.06. The highest BCUT2D eigenvalue weighted by molar-refractivity contribution is 5.18. The van der Waals surface area contributed by atoms with Gasteiger partial charge < -0.3 is 10.4 Å². The van der Waals surface area contributed by atoms with E-state index in [0.717, 1.165) is 6.07 Å². The molecule has 1 rings (SSSR count). The fourth-order valence-electron chi connectivity index (χ4n) is 1.32. The molecule has 2 N–H and O–H groups in total. The van der Waals surface area contributed by atoms with E-state index in [4.69, 9.17) is 0 Å². The molecule has 0 aliphatic rings. The number of hydrogen-bond donors (Lipinski definition) is 2. The van der Waals surface area contributed by atoms with Crippen molar-refractivity contribution in [1.82, 2.24) is 5.32 Å². The van der Waals surface area contributed by atoms with E-state index in [0.29, 0.717) is 12.1 Å². The van der Waals surface area contributed by atoms with Gasteiger partial charge in [-0.15, -0.1) is 0 Å². The lowest BCUT2D eigenvalue weighted by Crippen LogP contribution is -2.42. The maximum absolute atomic E-state index is 13.3. The molecule has 96 valence electrons. The average molecular weight is 243 g/mol. The lowest BCUT2D eigenvalue weighted by Gasteiger charge is -2.28. The van der Waals surface area contributed by atoms with E-state index < -0.39 is 17.2 Å². The molecule has 4 heteroatoms. The normalized spacial score (nSPS) is 15.0. The van der Waals surface area contributed by atoms with E-state index >= 15 is 0 Å². The molecule has 17 heavy (non-hydrogen) atoms. The molecule has 1 atom stereocenters. The van der Waals surface area contributed by atoms with Gasteiger partial charge in [0.15, 0.2) is 0 Å². The summed E-state index contributed by atoms with van der Waals surface area (Å²) in [7, 11) is 0. The van der Waals surface area contributed by atoms with Crippen LogP contribution in [0.4, 0.5) is 8.78 Å². The van der Waals surface area contributed by atoms with Crippen molar-refractivity contribution >= 4 is 0 Å². The first-order chi connectivity index (χ1) is 7.83. The largest absolute Gasteiger partial charge is 0.389 e. The summed E-state index contributed by atoms with van der Waals surface area (Å²) in [6, 6.07) is 3.49. The number of halogens is 2. The van der Waals surface area contributed by atoms with Crippen LogP contribution in [0, 0.1) is 17.6 Å². The number of benzene rings is 1. The highest BCUT2D eigenvalue weighted by Crippen LogP contribution is 2.15. The number of aliphatic hydroxyl groups is 1. The van der Waals surface area contributed by atoms with Crippen molar-refractivity contribution in [3.8, 4) is 0 Å². The van der Waals surface area contributed by atoms with E-state index in [2.05, 4.69) is 5.32 Å². The van der Waals surface area contributed by atoms with Gasteiger partial charge in [-0.05, 0) is 18.9 Å². The fourth-order valence-corrected chi connectivity index (χ4v) is 1.32. The Labute approximate surface area is 101 Å². The van der Waals surface area contributed by atoms with Crippen molar-refractivity contribution in [3.63, 3.8) is 0 Å². The maximum Gasteiger partial charge on any atom is 0.130 e. The van der Waals surface area contributed by atoms with Gasteiger partial charge in [0.2, 0.25) is 0 Å².